The molecule has 80 valence electrons. The number of hydrogen-bond donors (Lipinski definition) is 0. The Kier molecular flexibility index (Phi) is 5.05. The van der Waals surface area contributed by atoms with Crippen LogP contribution in [0.3, 0.4) is 0 Å². The van der Waals surface area contributed by atoms with Crippen LogP contribution in [0.2, 0.25) is 0 Å². The molecule has 4 heteroatoms. The monoisotopic (exact) mass is 200 g/mol. The summed E-state index contributed by atoms with van der Waals surface area (Å²) in [5.41, 5.74) is 0. The number of carbonyl (C=O) groups is 3. The van der Waals surface area contributed by atoms with Crippen LogP contribution < -0.4 is 0 Å². The predicted octanol–water partition coefficient (Wildman–Crippen LogP) is 0.980. The van der Waals surface area contributed by atoms with Gasteiger partial charge in [0, 0.05) is 5.92 Å². The number of rotatable bonds is 5. The number of ketones is 2. The molecular formula is C10H16O4. The predicted molar refractivity (Wildman–Crippen MR) is 50.6 cm³/mol. The molecule has 0 aliphatic carbocycles. The molecule has 0 spiro atoms. The van der Waals surface area contributed by atoms with Crippen molar-refractivity contribution in [2.45, 2.75) is 27.7 Å². The summed E-state index contributed by atoms with van der Waals surface area (Å²) < 4.78 is 4.66. The maximum absolute atomic E-state index is 11.5. The fraction of sp³-hybridized carbons (Fsp3) is 0.700. The third-order valence-electron chi connectivity index (χ3n) is 1.78. The van der Waals surface area contributed by atoms with Gasteiger partial charge in [0.05, 0.1) is 6.61 Å². The Labute approximate surface area is 83.6 Å². The Bertz CT molecular complexity index is 243. The Morgan fingerprint density at radius 2 is 1.71 bits per heavy atom. The number of Topliss-reactive ketones (excluding diaryl/α,β-unsaturated/α-hetero) is 2. The van der Waals surface area contributed by atoms with E-state index < -0.39 is 17.7 Å². The first-order chi connectivity index (χ1) is 6.41. The molecular weight excluding hydrogens is 184 g/mol. The first kappa shape index (κ1) is 12.8. The molecule has 0 radical (unpaired) electrons. The standard InChI is InChI=1S/C10H16O4/c1-5-14-10(13)8(7(4)11)9(12)6(2)3/h6,8H,5H2,1-4H3/t8-/m1/s1. The minimum Gasteiger partial charge on any atom is -0.465 e. The summed E-state index contributed by atoms with van der Waals surface area (Å²) >= 11 is 0. The van der Waals surface area contributed by atoms with E-state index in [2.05, 4.69) is 4.74 Å². The highest BCUT2D eigenvalue weighted by molar-refractivity contribution is 6.17. The van der Waals surface area contributed by atoms with Gasteiger partial charge in [0.1, 0.15) is 0 Å². The molecule has 0 aliphatic heterocycles. The van der Waals surface area contributed by atoms with Gasteiger partial charge in [-0.2, -0.15) is 0 Å². The van der Waals surface area contributed by atoms with Crippen LogP contribution in [-0.4, -0.2) is 24.1 Å². The van der Waals surface area contributed by atoms with Gasteiger partial charge in [0.2, 0.25) is 0 Å². The lowest BCUT2D eigenvalue weighted by molar-refractivity contribution is -0.155. The molecule has 0 aromatic rings. The van der Waals surface area contributed by atoms with Crippen LogP contribution in [0.4, 0.5) is 0 Å². The van der Waals surface area contributed by atoms with Crippen LogP contribution in [0.1, 0.15) is 27.7 Å². The van der Waals surface area contributed by atoms with E-state index >= 15 is 0 Å². The second-order valence-electron chi connectivity index (χ2n) is 3.35. The van der Waals surface area contributed by atoms with E-state index in [9.17, 15) is 14.4 Å². The topological polar surface area (TPSA) is 60.4 Å². The van der Waals surface area contributed by atoms with Gasteiger partial charge in [-0.1, -0.05) is 13.8 Å². The van der Waals surface area contributed by atoms with Crippen LogP contribution in [0.25, 0.3) is 0 Å². The van der Waals surface area contributed by atoms with E-state index in [0.717, 1.165) is 0 Å². The van der Waals surface area contributed by atoms with Crippen molar-refractivity contribution in [2.24, 2.45) is 11.8 Å². The van der Waals surface area contributed by atoms with E-state index in [1.54, 1.807) is 20.8 Å². The summed E-state index contributed by atoms with van der Waals surface area (Å²) in [5.74, 6) is -3.15. The first-order valence-corrected chi connectivity index (χ1v) is 4.62. The second-order valence-corrected chi connectivity index (χ2v) is 3.35. The van der Waals surface area contributed by atoms with Gasteiger partial charge < -0.3 is 4.74 Å². The van der Waals surface area contributed by atoms with Gasteiger partial charge in [-0.3, -0.25) is 14.4 Å². The highest BCUT2D eigenvalue weighted by Crippen LogP contribution is 2.10. The molecule has 0 heterocycles. The lowest BCUT2D eigenvalue weighted by atomic mass is 9.92. The molecule has 14 heavy (non-hydrogen) atoms. The van der Waals surface area contributed by atoms with Gasteiger partial charge in [-0.05, 0) is 13.8 Å². The van der Waals surface area contributed by atoms with Crippen molar-refractivity contribution >= 4 is 17.5 Å². The van der Waals surface area contributed by atoms with Crippen molar-refractivity contribution in [3.63, 3.8) is 0 Å². The van der Waals surface area contributed by atoms with Crippen molar-refractivity contribution in [1.29, 1.82) is 0 Å². The Hall–Kier alpha value is -1.19. The minimum absolute atomic E-state index is 0.175. The molecule has 0 saturated carbocycles. The van der Waals surface area contributed by atoms with Crippen LogP contribution in [0.5, 0.6) is 0 Å². The fourth-order valence-corrected chi connectivity index (χ4v) is 1.04. The smallest absolute Gasteiger partial charge is 0.324 e. The minimum atomic E-state index is -1.24. The Balaban J connectivity index is 4.69. The molecule has 0 rings (SSSR count). The van der Waals surface area contributed by atoms with E-state index in [-0.39, 0.29) is 18.3 Å². The van der Waals surface area contributed by atoms with E-state index in [0.29, 0.717) is 0 Å². The van der Waals surface area contributed by atoms with Gasteiger partial charge in [-0.15, -0.1) is 0 Å². The summed E-state index contributed by atoms with van der Waals surface area (Å²) in [5, 5.41) is 0. The number of esters is 1. The third-order valence-corrected chi connectivity index (χ3v) is 1.78. The van der Waals surface area contributed by atoms with Crippen LogP contribution in [0, 0.1) is 11.8 Å². The zero-order valence-electron chi connectivity index (χ0n) is 8.99. The quantitative estimate of drug-likeness (QED) is 0.490. The molecule has 0 N–H and O–H groups in total. The van der Waals surface area contributed by atoms with Gasteiger partial charge in [-0.25, -0.2) is 0 Å². The summed E-state index contributed by atoms with van der Waals surface area (Å²) in [6, 6.07) is 0. The van der Waals surface area contributed by atoms with Crippen molar-refractivity contribution in [1.82, 2.24) is 0 Å². The lowest BCUT2D eigenvalue weighted by Gasteiger charge is -2.13. The van der Waals surface area contributed by atoms with Crippen LogP contribution in [0.15, 0.2) is 0 Å². The zero-order valence-corrected chi connectivity index (χ0v) is 8.99. The summed E-state index contributed by atoms with van der Waals surface area (Å²) in [4.78, 5) is 33.8. The van der Waals surface area contributed by atoms with E-state index in [4.69, 9.17) is 0 Å². The van der Waals surface area contributed by atoms with E-state index in [1.807, 2.05) is 0 Å². The molecule has 4 nitrogen and oxygen atoms in total. The van der Waals surface area contributed by atoms with Crippen LogP contribution in [-0.2, 0) is 19.1 Å². The molecule has 0 aromatic carbocycles. The third kappa shape index (κ3) is 3.28. The van der Waals surface area contributed by atoms with Gasteiger partial charge in [0.15, 0.2) is 17.5 Å². The number of ether oxygens (including phenoxy) is 1. The van der Waals surface area contributed by atoms with Crippen molar-refractivity contribution in [3.8, 4) is 0 Å². The zero-order chi connectivity index (χ0) is 11.3. The van der Waals surface area contributed by atoms with Crippen LogP contribution >= 0.6 is 0 Å². The first-order valence-electron chi connectivity index (χ1n) is 4.62. The molecule has 0 aromatic heterocycles. The molecule has 0 fully saturated rings. The largest absolute Gasteiger partial charge is 0.465 e. The second kappa shape index (κ2) is 5.52. The molecule has 0 unspecified atom stereocenters. The fourth-order valence-electron chi connectivity index (χ4n) is 1.04. The highest BCUT2D eigenvalue weighted by atomic mass is 16.5. The van der Waals surface area contributed by atoms with Crippen molar-refractivity contribution in [3.05, 3.63) is 0 Å². The normalized spacial score (nSPS) is 12.4. The average Bonchev–Trinajstić information content (AvgIpc) is 2.03. The average molecular weight is 200 g/mol. The highest BCUT2D eigenvalue weighted by Gasteiger charge is 2.33. The molecule has 0 saturated heterocycles. The molecule has 0 aliphatic rings. The molecule has 1 atom stereocenters. The maximum atomic E-state index is 11.5. The lowest BCUT2D eigenvalue weighted by Crippen LogP contribution is -2.34. The summed E-state index contributed by atoms with van der Waals surface area (Å²) in [6.07, 6.45) is 0. The number of hydrogen-bond acceptors (Lipinski definition) is 4. The Morgan fingerprint density at radius 3 is 2.00 bits per heavy atom. The molecule has 0 amide bonds. The maximum Gasteiger partial charge on any atom is 0.324 e. The SMILES string of the molecule is CCOC(=O)[C@H](C(C)=O)C(=O)C(C)C. The van der Waals surface area contributed by atoms with E-state index in [1.165, 1.54) is 6.92 Å². The van der Waals surface area contributed by atoms with Gasteiger partial charge in [0.25, 0.3) is 0 Å². The van der Waals surface area contributed by atoms with Crippen molar-refractivity contribution < 1.29 is 19.1 Å². The number of carbonyl (C=O) groups excluding carboxylic acids is 3. The molecule has 0 bridgehead atoms. The Morgan fingerprint density at radius 1 is 1.21 bits per heavy atom. The summed E-state index contributed by atoms with van der Waals surface area (Å²) in [7, 11) is 0. The van der Waals surface area contributed by atoms with Crippen molar-refractivity contribution in [2.75, 3.05) is 6.61 Å². The van der Waals surface area contributed by atoms with Gasteiger partial charge >= 0.3 is 5.97 Å². The summed E-state index contributed by atoms with van der Waals surface area (Å²) in [6.45, 7) is 6.33.